The van der Waals surface area contributed by atoms with E-state index in [-0.39, 0.29) is 29.3 Å². The number of fused-ring (bicyclic) bond motifs is 1. The second-order valence-electron chi connectivity index (χ2n) is 8.16. The Morgan fingerprint density at radius 1 is 1.46 bits per heavy atom. The van der Waals surface area contributed by atoms with Gasteiger partial charge in [-0.25, -0.2) is 4.68 Å². The molecule has 3 atom stereocenters. The molecule has 196 valence electrons. The summed E-state index contributed by atoms with van der Waals surface area (Å²) in [7, 11) is 2.81. The lowest BCUT2D eigenvalue weighted by atomic mass is 9.89. The molecule has 1 aromatic carbocycles. The fourth-order valence-electron chi connectivity index (χ4n) is 3.80. The molecule has 2 aliphatic rings. The summed E-state index contributed by atoms with van der Waals surface area (Å²) in [6, 6.07) is 2.28. The molecule has 3 N–H and O–H groups in total. The van der Waals surface area contributed by atoms with Gasteiger partial charge >= 0.3 is 11.7 Å². The number of β-lactam (4-membered cyclic amide) rings is 1. The summed E-state index contributed by atoms with van der Waals surface area (Å²) in [5, 5.41) is 48.0. The van der Waals surface area contributed by atoms with Gasteiger partial charge in [0, 0.05) is 36.7 Å². The van der Waals surface area contributed by atoms with Crippen molar-refractivity contribution in [3.05, 3.63) is 33.9 Å². The van der Waals surface area contributed by atoms with E-state index in [1.54, 1.807) is 7.05 Å². The van der Waals surface area contributed by atoms with Gasteiger partial charge in [-0.05, 0) is 22.6 Å². The molecule has 0 saturated carbocycles. The molecule has 2 unspecified atom stereocenters. The normalized spacial score (nSPS) is 23.1. The third-order valence-electron chi connectivity index (χ3n) is 5.79. The number of aromatic hydroxyl groups is 1. The highest BCUT2D eigenvalue weighted by Gasteiger charge is 2.57. The number of carbonyl (C=O) groups excluding carboxylic acids is 2. The monoisotopic (exact) mass is 552 g/mol. The first-order valence-electron chi connectivity index (χ1n) is 10.5. The van der Waals surface area contributed by atoms with Crippen molar-refractivity contribution < 1.29 is 34.4 Å². The molecular weight excluding hydrogens is 532 g/mol. The quantitative estimate of drug-likeness (QED) is 0.117. The summed E-state index contributed by atoms with van der Waals surface area (Å²) in [5.41, 5.74) is -2.24. The van der Waals surface area contributed by atoms with Gasteiger partial charge in [-0.3, -0.25) is 24.5 Å². The third-order valence-corrected chi connectivity index (χ3v) is 8.68. The van der Waals surface area contributed by atoms with E-state index < -0.39 is 51.0 Å². The van der Waals surface area contributed by atoms with Gasteiger partial charge in [0.1, 0.15) is 23.9 Å². The van der Waals surface area contributed by atoms with Crippen molar-refractivity contribution in [1.82, 2.24) is 30.4 Å². The molecule has 2 fully saturated rings. The maximum Gasteiger partial charge on any atom is 0.313 e. The number of hydrogen-bond donors (Lipinski definition) is 3. The first-order chi connectivity index (χ1) is 17.6. The molecule has 0 bridgehead atoms. The highest BCUT2D eigenvalue weighted by atomic mass is 32.2. The number of amides is 2. The van der Waals surface area contributed by atoms with Crippen molar-refractivity contribution in [2.24, 2.45) is 17.6 Å². The Balaban J connectivity index is 1.46. The highest BCUT2D eigenvalue weighted by Crippen LogP contribution is 2.44. The fourth-order valence-corrected chi connectivity index (χ4v) is 6.51. The summed E-state index contributed by atoms with van der Waals surface area (Å²) in [6.45, 7) is -0.0628. The maximum absolute atomic E-state index is 13.0. The predicted octanol–water partition coefficient (Wildman–Crippen LogP) is -0.562. The fraction of sp³-hybridized carbons (Fsp3) is 0.421. The number of thioether (sulfide) groups is 2. The molecule has 2 aliphatic heterocycles. The molecule has 0 radical (unpaired) electrons. The van der Waals surface area contributed by atoms with E-state index >= 15 is 0 Å². The van der Waals surface area contributed by atoms with Gasteiger partial charge in [0.2, 0.25) is 11.1 Å². The lowest BCUT2D eigenvalue weighted by molar-refractivity contribution is -0.385. The lowest BCUT2D eigenvalue weighted by Crippen LogP contribution is -2.74. The van der Waals surface area contributed by atoms with E-state index in [1.807, 2.05) is 0 Å². The topological polar surface area (TPSA) is 215 Å². The first kappa shape index (κ1) is 26.1. The van der Waals surface area contributed by atoms with Gasteiger partial charge < -0.3 is 25.3 Å². The van der Waals surface area contributed by atoms with Crippen LogP contribution >= 0.6 is 23.5 Å². The molecule has 4 rings (SSSR count). The minimum atomic E-state index is -1.25. The van der Waals surface area contributed by atoms with E-state index in [4.69, 9.17) is 4.84 Å². The van der Waals surface area contributed by atoms with Crippen LogP contribution < -0.4 is 5.32 Å². The summed E-state index contributed by atoms with van der Waals surface area (Å²) >= 11 is 2.39. The Kier molecular flexibility index (Phi) is 7.21. The van der Waals surface area contributed by atoms with Crippen molar-refractivity contribution in [3.8, 4) is 5.75 Å². The number of hydrogen-bond acceptors (Lipinski definition) is 13. The number of aliphatic carboxylic acids is 1. The zero-order valence-electron chi connectivity index (χ0n) is 19.3. The van der Waals surface area contributed by atoms with Crippen LogP contribution in [0, 0.1) is 15.5 Å². The van der Waals surface area contributed by atoms with Crippen molar-refractivity contribution >= 4 is 52.7 Å². The van der Waals surface area contributed by atoms with Gasteiger partial charge in [-0.15, -0.1) is 16.9 Å². The molecule has 3 heterocycles. The summed E-state index contributed by atoms with van der Waals surface area (Å²) in [4.78, 5) is 54.5. The minimum Gasteiger partial charge on any atom is -0.502 e. The van der Waals surface area contributed by atoms with Gasteiger partial charge in [0.05, 0.1) is 4.92 Å². The number of benzene rings is 1. The molecule has 37 heavy (non-hydrogen) atoms. The van der Waals surface area contributed by atoms with Crippen LogP contribution in [0.5, 0.6) is 5.75 Å². The number of phenolic OH excluding ortho intramolecular Hbond substituents is 1. The van der Waals surface area contributed by atoms with Crippen molar-refractivity contribution in [1.29, 1.82) is 0 Å². The van der Waals surface area contributed by atoms with Crippen LogP contribution in [0.1, 0.15) is 5.56 Å². The number of aryl methyl sites for hydroxylation is 1. The standard InChI is InChI=1S/C19H20N8O8S2/c1-25-18(21-23-24-25)37-8-19(17(31)32)6-26-15(30)13(16(26)36-7-19)20-14(29)12(22-35-2)9-3-4-11(28)10(5-9)27(33)34/h3-5,13,16,28H,6-8H2,1-2H3,(H,20,29)(H,31,32)/t13?,16-,19?/m1/s1. The molecule has 18 heteroatoms. The van der Waals surface area contributed by atoms with E-state index in [0.717, 1.165) is 12.1 Å². The number of carbonyl (C=O) groups is 3. The zero-order chi connectivity index (χ0) is 26.9. The third kappa shape index (κ3) is 4.88. The van der Waals surface area contributed by atoms with Crippen molar-refractivity contribution in [2.45, 2.75) is 16.6 Å². The van der Waals surface area contributed by atoms with Crippen LogP contribution in [0.4, 0.5) is 5.69 Å². The smallest absolute Gasteiger partial charge is 0.313 e. The predicted molar refractivity (Wildman–Crippen MR) is 128 cm³/mol. The maximum atomic E-state index is 13.0. The lowest BCUT2D eigenvalue weighted by Gasteiger charge is -2.53. The number of carboxylic acid groups (broad SMARTS) is 1. The van der Waals surface area contributed by atoms with E-state index in [1.165, 1.54) is 46.3 Å². The second-order valence-corrected chi connectivity index (χ2v) is 10.2. The van der Waals surface area contributed by atoms with E-state index in [0.29, 0.717) is 5.16 Å². The molecule has 0 spiro atoms. The molecule has 2 saturated heterocycles. The van der Waals surface area contributed by atoms with Crippen LogP contribution in [0.15, 0.2) is 28.5 Å². The highest BCUT2D eigenvalue weighted by molar-refractivity contribution is 8.00. The number of oxime groups is 1. The molecule has 0 aliphatic carbocycles. The van der Waals surface area contributed by atoms with Gasteiger partial charge in [0.25, 0.3) is 5.91 Å². The number of carboxylic acids is 1. The number of tetrazole rings is 1. The van der Waals surface area contributed by atoms with Crippen LogP contribution in [-0.2, 0) is 26.3 Å². The van der Waals surface area contributed by atoms with Crippen molar-refractivity contribution in [2.75, 3.05) is 25.2 Å². The Hall–Kier alpha value is -3.93. The Labute approximate surface area is 216 Å². The number of nitrogens with one attached hydrogen (secondary N) is 1. The Bertz CT molecular complexity index is 1300. The summed E-state index contributed by atoms with van der Waals surface area (Å²) in [5.74, 6) is -2.67. The molecule has 2 aromatic rings. The van der Waals surface area contributed by atoms with Crippen LogP contribution in [0.2, 0.25) is 0 Å². The average molecular weight is 553 g/mol. The van der Waals surface area contributed by atoms with Gasteiger partial charge in [-0.2, -0.15) is 0 Å². The van der Waals surface area contributed by atoms with Crippen LogP contribution in [-0.4, -0.2) is 100 Å². The minimum absolute atomic E-state index is 0.0102. The van der Waals surface area contributed by atoms with Crippen LogP contribution in [0.25, 0.3) is 0 Å². The molecule has 1 aromatic heterocycles. The van der Waals surface area contributed by atoms with E-state index in [9.17, 15) is 34.7 Å². The molecule has 16 nitrogen and oxygen atoms in total. The number of rotatable bonds is 9. The number of nitro groups is 1. The average Bonchev–Trinajstić information content (AvgIpc) is 3.28. The number of nitrogens with zero attached hydrogens (tertiary/aromatic N) is 7. The molecule has 2 amide bonds. The zero-order valence-corrected chi connectivity index (χ0v) is 20.9. The van der Waals surface area contributed by atoms with Gasteiger partial charge in [0.15, 0.2) is 11.5 Å². The largest absolute Gasteiger partial charge is 0.502 e. The van der Waals surface area contributed by atoms with Crippen LogP contribution in [0.3, 0.4) is 0 Å². The second kappa shape index (κ2) is 10.2. The summed E-state index contributed by atoms with van der Waals surface area (Å²) in [6.07, 6.45) is 0. The number of phenols is 1. The van der Waals surface area contributed by atoms with Crippen molar-refractivity contribution in [3.63, 3.8) is 0 Å². The number of aromatic nitrogens is 4. The van der Waals surface area contributed by atoms with E-state index in [2.05, 4.69) is 26.0 Å². The first-order valence-corrected chi connectivity index (χ1v) is 12.5. The SMILES string of the molecule is CON=C(C(=O)NC1C(=O)N2CC(CSc3nnnn3C)(C(=O)O)CS[C@H]12)c1ccc(O)c([N+](=O)[O-])c1. The Morgan fingerprint density at radius 3 is 2.84 bits per heavy atom. The number of nitro benzene ring substituents is 1. The molecular formula is C19H20N8O8S2. The Morgan fingerprint density at radius 2 is 2.22 bits per heavy atom. The summed E-state index contributed by atoms with van der Waals surface area (Å²) < 4.78 is 1.42. The van der Waals surface area contributed by atoms with Gasteiger partial charge in [-0.1, -0.05) is 16.9 Å².